The van der Waals surface area contributed by atoms with Gasteiger partial charge >= 0.3 is 0 Å². The summed E-state index contributed by atoms with van der Waals surface area (Å²) in [5, 5.41) is 11.3. The van der Waals surface area contributed by atoms with Gasteiger partial charge in [0.15, 0.2) is 0 Å². The first kappa shape index (κ1) is 14.2. The Balaban J connectivity index is 1.81. The van der Waals surface area contributed by atoms with Gasteiger partial charge in [0.1, 0.15) is 17.0 Å². The molecule has 0 aliphatic carbocycles. The molecule has 0 fully saturated rings. The van der Waals surface area contributed by atoms with Crippen LogP contribution in [0, 0.1) is 11.8 Å². The second-order valence-corrected chi connectivity index (χ2v) is 4.88. The van der Waals surface area contributed by atoms with Crippen LogP contribution in [0.1, 0.15) is 27.5 Å². The van der Waals surface area contributed by atoms with Crippen LogP contribution in [-0.2, 0) is 6.42 Å². The van der Waals surface area contributed by atoms with E-state index < -0.39 is 0 Å². The average molecular weight is 289 g/mol. The van der Waals surface area contributed by atoms with E-state index in [4.69, 9.17) is 5.73 Å². The predicted octanol–water partition coefficient (Wildman–Crippen LogP) is 0.539. The van der Waals surface area contributed by atoms with Gasteiger partial charge in [-0.1, -0.05) is 11.8 Å². The van der Waals surface area contributed by atoms with Crippen LogP contribution in [0.3, 0.4) is 0 Å². The third-order valence-corrected chi connectivity index (χ3v) is 3.45. The van der Waals surface area contributed by atoms with Gasteiger partial charge in [-0.15, -0.1) is 11.3 Å². The zero-order valence-electron chi connectivity index (χ0n) is 10.8. The van der Waals surface area contributed by atoms with Crippen LogP contribution in [0.5, 0.6) is 0 Å². The highest BCUT2D eigenvalue weighted by molar-refractivity contribution is 7.12. The first-order chi connectivity index (χ1) is 9.81. The average Bonchev–Trinajstić information content (AvgIpc) is 3.12. The van der Waals surface area contributed by atoms with Gasteiger partial charge in [0, 0.05) is 18.5 Å². The first-order valence-electron chi connectivity index (χ1n) is 6.20. The lowest BCUT2D eigenvalue weighted by Crippen LogP contribution is -2.24. The molecule has 1 amide bonds. The van der Waals surface area contributed by atoms with Crippen molar-refractivity contribution in [3.8, 4) is 11.8 Å². The van der Waals surface area contributed by atoms with E-state index in [1.807, 2.05) is 11.4 Å². The summed E-state index contributed by atoms with van der Waals surface area (Å²) < 4.78 is 0. The molecule has 2 aromatic rings. The second-order valence-electron chi connectivity index (χ2n) is 3.96. The standard InChI is InChI=1S/C13H15N5OS/c14-6-1-3-10-5-8-20-12(10)13(19)15-7-2-4-11-16-9-17-18-11/h5,8-9H,2,4,6-7,14H2,(H,15,19)(H,16,17,18). The van der Waals surface area contributed by atoms with Gasteiger partial charge in [0.25, 0.3) is 5.91 Å². The number of hydrogen-bond donors (Lipinski definition) is 3. The molecule has 6 nitrogen and oxygen atoms in total. The summed E-state index contributed by atoms with van der Waals surface area (Å²) in [6.07, 6.45) is 3.03. The molecule has 0 aromatic carbocycles. The number of amides is 1. The molecule has 0 bridgehead atoms. The number of hydrogen-bond acceptors (Lipinski definition) is 5. The number of aromatic nitrogens is 3. The summed E-state index contributed by atoms with van der Waals surface area (Å²) >= 11 is 1.38. The van der Waals surface area contributed by atoms with E-state index in [-0.39, 0.29) is 12.5 Å². The minimum Gasteiger partial charge on any atom is -0.351 e. The van der Waals surface area contributed by atoms with Gasteiger partial charge in [-0.2, -0.15) is 5.10 Å². The van der Waals surface area contributed by atoms with E-state index in [0.29, 0.717) is 11.4 Å². The fourth-order valence-corrected chi connectivity index (χ4v) is 2.38. The third-order valence-electron chi connectivity index (χ3n) is 2.54. The molecule has 0 saturated carbocycles. The number of nitrogens with zero attached hydrogens (tertiary/aromatic N) is 2. The topological polar surface area (TPSA) is 96.7 Å². The van der Waals surface area contributed by atoms with E-state index >= 15 is 0 Å². The fourth-order valence-electron chi connectivity index (χ4n) is 1.62. The molecule has 2 rings (SSSR count). The molecule has 7 heteroatoms. The summed E-state index contributed by atoms with van der Waals surface area (Å²) in [6, 6.07) is 1.83. The Morgan fingerprint density at radius 3 is 3.20 bits per heavy atom. The Kier molecular flexibility index (Phi) is 5.29. The van der Waals surface area contributed by atoms with E-state index in [9.17, 15) is 4.79 Å². The van der Waals surface area contributed by atoms with Crippen molar-refractivity contribution < 1.29 is 4.79 Å². The predicted molar refractivity (Wildman–Crippen MR) is 77.3 cm³/mol. The van der Waals surface area contributed by atoms with Gasteiger partial charge in [-0.25, -0.2) is 4.98 Å². The molecule has 20 heavy (non-hydrogen) atoms. The molecule has 0 radical (unpaired) electrons. The Labute approximate surface area is 120 Å². The largest absolute Gasteiger partial charge is 0.351 e. The van der Waals surface area contributed by atoms with Crippen molar-refractivity contribution in [3.63, 3.8) is 0 Å². The highest BCUT2D eigenvalue weighted by Crippen LogP contribution is 2.15. The molecule has 0 aliphatic rings. The number of carbonyl (C=O) groups excluding carboxylic acids is 1. The Morgan fingerprint density at radius 2 is 2.45 bits per heavy atom. The van der Waals surface area contributed by atoms with Gasteiger partial charge in [-0.05, 0) is 17.9 Å². The number of thiophene rings is 1. The van der Waals surface area contributed by atoms with Crippen molar-refractivity contribution in [1.82, 2.24) is 20.5 Å². The van der Waals surface area contributed by atoms with E-state index in [1.54, 1.807) is 0 Å². The lowest BCUT2D eigenvalue weighted by molar-refractivity contribution is 0.0957. The van der Waals surface area contributed by atoms with E-state index in [0.717, 1.165) is 24.2 Å². The van der Waals surface area contributed by atoms with Crippen LogP contribution in [0.2, 0.25) is 0 Å². The number of aryl methyl sites for hydroxylation is 1. The van der Waals surface area contributed by atoms with Crippen LogP contribution in [0.15, 0.2) is 17.8 Å². The van der Waals surface area contributed by atoms with Crippen LogP contribution < -0.4 is 11.1 Å². The molecule has 0 spiro atoms. The van der Waals surface area contributed by atoms with Crippen molar-refractivity contribution in [2.45, 2.75) is 12.8 Å². The zero-order valence-corrected chi connectivity index (χ0v) is 11.7. The number of nitrogens with two attached hydrogens (primary N) is 1. The number of nitrogens with one attached hydrogen (secondary N) is 2. The molecule has 2 aromatic heterocycles. The van der Waals surface area contributed by atoms with Crippen molar-refractivity contribution in [2.24, 2.45) is 5.73 Å². The van der Waals surface area contributed by atoms with Gasteiger partial charge < -0.3 is 11.1 Å². The quantitative estimate of drug-likeness (QED) is 0.553. The lowest BCUT2D eigenvalue weighted by atomic mass is 10.2. The number of H-pyrrole nitrogens is 1. The van der Waals surface area contributed by atoms with Crippen LogP contribution >= 0.6 is 11.3 Å². The molecule has 4 N–H and O–H groups in total. The van der Waals surface area contributed by atoms with Gasteiger partial charge in [-0.3, -0.25) is 9.89 Å². The summed E-state index contributed by atoms with van der Waals surface area (Å²) in [4.78, 5) is 16.7. The third kappa shape index (κ3) is 3.91. The van der Waals surface area contributed by atoms with Crippen molar-refractivity contribution in [1.29, 1.82) is 0 Å². The molecular weight excluding hydrogens is 274 g/mol. The lowest BCUT2D eigenvalue weighted by Gasteiger charge is -2.03. The molecule has 104 valence electrons. The summed E-state index contributed by atoms with van der Waals surface area (Å²) in [5.41, 5.74) is 6.06. The van der Waals surface area contributed by atoms with Crippen molar-refractivity contribution in [2.75, 3.05) is 13.1 Å². The summed E-state index contributed by atoms with van der Waals surface area (Å²) in [7, 11) is 0. The van der Waals surface area contributed by atoms with Crippen LogP contribution in [0.25, 0.3) is 0 Å². The monoisotopic (exact) mass is 289 g/mol. The summed E-state index contributed by atoms with van der Waals surface area (Å²) in [6.45, 7) is 0.870. The molecule has 0 atom stereocenters. The number of aromatic amines is 1. The van der Waals surface area contributed by atoms with E-state index in [2.05, 4.69) is 32.3 Å². The first-order valence-corrected chi connectivity index (χ1v) is 7.08. The maximum atomic E-state index is 12.0. The molecular formula is C13H15N5OS. The molecule has 0 saturated heterocycles. The molecule has 0 aliphatic heterocycles. The molecule has 2 heterocycles. The Morgan fingerprint density at radius 1 is 1.55 bits per heavy atom. The minimum absolute atomic E-state index is 0.0982. The van der Waals surface area contributed by atoms with Crippen LogP contribution in [-0.4, -0.2) is 34.2 Å². The van der Waals surface area contributed by atoms with E-state index in [1.165, 1.54) is 17.7 Å². The highest BCUT2D eigenvalue weighted by atomic mass is 32.1. The Bertz CT molecular complexity index is 608. The number of carbonyl (C=O) groups is 1. The fraction of sp³-hybridized carbons (Fsp3) is 0.308. The highest BCUT2D eigenvalue weighted by Gasteiger charge is 2.11. The Hall–Kier alpha value is -2.17. The minimum atomic E-state index is -0.0982. The smallest absolute Gasteiger partial charge is 0.262 e. The SMILES string of the molecule is NCC#Cc1ccsc1C(=O)NCCCc1ncn[nH]1. The van der Waals surface area contributed by atoms with Crippen molar-refractivity contribution >= 4 is 17.2 Å². The maximum Gasteiger partial charge on any atom is 0.262 e. The van der Waals surface area contributed by atoms with Crippen molar-refractivity contribution in [3.05, 3.63) is 34.0 Å². The number of rotatable bonds is 5. The zero-order chi connectivity index (χ0) is 14.2. The normalized spacial score (nSPS) is 9.85. The summed E-state index contributed by atoms with van der Waals surface area (Å²) in [5.74, 6) is 6.38. The van der Waals surface area contributed by atoms with Gasteiger partial charge in [0.2, 0.25) is 0 Å². The van der Waals surface area contributed by atoms with Gasteiger partial charge in [0.05, 0.1) is 6.54 Å². The molecule has 0 unspecified atom stereocenters. The van der Waals surface area contributed by atoms with Crippen LogP contribution in [0.4, 0.5) is 0 Å². The maximum absolute atomic E-state index is 12.0. The second kappa shape index (κ2) is 7.43.